The van der Waals surface area contributed by atoms with Crippen LogP contribution < -0.4 is 26.0 Å². The summed E-state index contributed by atoms with van der Waals surface area (Å²) in [6, 6.07) is 5.37. The van der Waals surface area contributed by atoms with Crippen molar-refractivity contribution in [3.63, 3.8) is 0 Å². The number of ether oxygens (including phenoxy) is 1. The average molecular weight is 472 g/mol. The van der Waals surface area contributed by atoms with Crippen LogP contribution in [0.4, 0.5) is 15.9 Å². The van der Waals surface area contributed by atoms with Crippen LogP contribution in [0.1, 0.15) is 35.4 Å². The van der Waals surface area contributed by atoms with Gasteiger partial charge in [-0.3, -0.25) is 4.98 Å². The van der Waals surface area contributed by atoms with E-state index in [0.717, 1.165) is 70.2 Å². The molecule has 4 heterocycles. The summed E-state index contributed by atoms with van der Waals surface area (Å²) in [7, 11) is 1.80. The summed E-state index contributed by atoms with van der Waals surface area (Å²) in [5.74, 6) is 1.02. The molecule has 1 spiro atoms. The standard InChI is InChI=1S/C26H26FN7O/c1-13-16-7-15(9-31-21(16)10-30-13)35-25-32-20-8-17-18(5-14(27)6-19(17)29-2)23(20)24(33-25)34-11-22(28)26(12-34)3-4-26/h5-7,9,22,29-30H,1,3-4,8,10-12,28H2,2H3/t22-/m0/s1. The van der Waals surface area contributed by atoms with E-state index in [1.165, 1.54) is 6.07 Å². The van der Waals surface area contributed by atoms with Crippen molar-refractivity contribution in [1.29, 1.82) is 0 Å². The van der Waals surface area contributed by atoms with Gasteiger partial charge in [-0.2, -0.15) is 9.97 Å². The van der Waals surface area contributed by atoms with Crippen molar-refractivity contribution in [1.82, 2.24) is 20.3 Å². The molecule has 178 valence electrons. The quantitative estimate of drug-likeness (QED) is 0.416. The van der Waals surface area contributed by atoms with Gasteiger partial charge in [-0.05, 0) is 42.2 Å². The first-order chi connectivity index (χ1) is 16.9. The van der Waals surface area contributed by atoms with Crippen LogP contribution in [0.25, 0.3) is 16.8 Å². The normalized spacial score (nSPS) is 20.5. The number of halogens is 1. The molecule has 1 saturated heterocycles. The van der Waals surface area contributed by atoms with Gasteiger partial charge >= 0.3 is 6.01 Å². The maximum absolute atomic E-state index is 14.6. The lowest BCUT2D eigenvalue weighted by atomic mass is 10.0. The summed E-state index contributed by atoms with van der Waals surface area (Å²) in [5, 5.41) is 6.33. The molecule has 8 nitrogen and oxygen atoms in total. The molecule has 2 fully saturated rings. The number of hydrogen-bond donors (Lipinski definition) is 3. The minimum absolute atomic E-state index is 0.0955. The van der Waals surface area contributed by atoms with E-state index in [1.807, 2.05) is 6.07 Å². The number of nitrogens with zero attached hydrogens (tertiary/aromatic N) is 4. The molecule has 2 aliphatic carbocycles. The van der Waals surface area contributed by atoms with Gasteiger partial charge in [0.25, 0.3) is 0 Å². The van der Waals surface area contributed by atoms with Gasteiger partial charge in [-0.25, -0.2) is 4.39 Å². The SMILES string of the molecule is C=C1NCc2ncc(Oc3nc4c(c(N5C[C@H](N)C6(CC6)C5)n3)-c3cc(F)cc(NC)c3C4)cc21. The summed E-state index contributed by atoms with van der Waals surface area (Å²) in [5.41, 5.74) is 13.7. The highest BCUT2D eigenvalue weighted by atomic mass is 19.1. The van der Waals surface area contributed by atoms with Gasteiger partial charge in [-0.1, -0.05) is 6.58 Å². The van der Waals surface area contributed by atoms with Crippen LogP contribution >= 0.6 is 0 Å². The first kappa shape index (κ1) is 20.6. The van der Waals surface area contributed by atoms with Crippen LogP contribution in [-0.2, 0) is 13.0 Å². The summed E-state index contributed by atoms with van der Waals surface area (Å²) >= 11 is 0. The van der Waals surface area contributed by atoms with E-state index in [2.05, 4.69) is 27.1 Å². The van der Waals surface area contributed by atoms with E-state index in [1.54, 1.807) is 19.3 Å². The number of pyridine rings is 1. The van der Waals surface area contributed by atoms with Crippen LogP contribution in [0, 0.1) is 11.2 Å². The van der Waals surface area contributed by atoms with Crippen LogP contribution in [-0.4, -0.2) is 41.1 Å². The summed E-state index contributed by atoms with van der Waals surface area (Å²) in [4.78, 5) is 16.4. The number of fused-ring (bicyclic) bond motifs is 4. The van der Waals surface area contributed by atoms with Crippen LogP contribution in [0.15, 0.2) is 31.0 Å². The zero-order valence-electron chi connectivity index (χ0n) is 19.5. The largest absolute Gasteiger partial charge is 0.423 e. The average Bonchev–Trinajstić information content (AvgIpc) is 3.25. The molecular formula is C26H26FN7O. The predicted molar refractivity (Wildman–Crippen MR) is 132 cm³/mol. The Balaban J connectivity index is 1.33. The Labute approximate surface area is 202 Å². The Bertz CT molecular complexity index is 1420. The zero-order valence-corrected chi connectivity index (χ0v) is 19.5. The van der Waals surface area contributed by atoms with Gasteiger partial charge in [0.1, 0.15) is 17.4 Å². The van der Waals surface area contributed by atoms with Gasteiger partial charge in [0.15, 0.2) is 0 Å². The number of benzene rings is 1. The molecule has 0 unspecified atom stereocenters. The maximum atomic E-state index is 14.6. The fraction of sp³-hybridized carbons (Fsp3) is 0.346. The molecule has 0 bridgehead atoms. The van der Waals surface area contributed by atoms with Crippen molar-refractivity contribution in [3.05, 3.63) is 59.3 Å². The fourth-order valence-electron chi connectivity index (χ4n) is 5.76. The highest BCUT2D eigenvalue weighted by Gasteiger charge is 2.54. The molecule has 7 rings (SSSR count). The zero-order chi connectivity index (χ0) is 23.9. The van der Waals surface area contributed by atoms with Gasteiger partial charge in [-0.15, -0.1) is 0 Å². The molecule has 4 N–H and O–H groups in total. The number of hydrogen-bond acceptors (Lipinski definition) is 8. The van der Waals surface area contributed by atoms with Crippen molar-refractivity contribution < 1.29 is 9.13 Å². The van der Waals surface area contributed by atoms with E-state index in [9.17, 15) is 4.39 Å². The second-order valence-electron chi connectivity index (χ2n) is 10.0. The number of nitrogens with one attached hydrogen (secondary N) is 2. The third-order valence-electron chi connectivity index (χ3n) is 7.89. The number of nitrogens with two attached hydrogens (primary N) is 1. The molecule has 0 amide bonds. The van der Waals surface area contributed by atoms with Crippen molar-refractivity contribution >= 4 is 17.2 Å². The lowest BCUT2D eigenvalue weighted by molar-refractivity contribution is 0.438. The van der Waals surface area contributed by atoms with E-state index >= 15 is 0 Å². The minimum atomic E-state index is -0.290. The number of aromatic nitrogens is 3. The Kier molecular flexibility index (Phi) is 4.21. The Morgan fingerprint density at radius 1 is 1.23 bits per heavy atom. The van der Waals surface area contributed by atoms with E-state index < -0.39 is 0 Å². The smallest absolute Gasteiger partial charge is 0.324 e. The molecular weight excluding hydrogens is 445 g/mol. The molecule has 2 aliphatic heterocycles. The highest BCUT2D eigenvalue weighted by Crippen LogP contribution is 2.54. The Hall–Kier alpha value is -3.72. The molecule has 1 atom stereocenters. The monoisotopic (exact) mass is 471 g/mol. The van der Waals surface area contributed by atoms with Crippen molar-refractivity contribution in [2.24, 2.45) is 11.1 Å². The van der Waals surface area contributed by atoms with E-state index in [4.69, 9.17) is 20.4 Å². The molecule has 1 saturated carbocycles. The third-order valence-corrected chi connectivity index (χ3v) is 7.89. The minimum Gasteiger partial charge on any atom is -0.423 e. The molecule has 35 heavy (non-hydrogen) atoms. The second-order valence-corrected chi connectivity index (χ2v) is 10.0. The topological polar surface area (TPSA) is 101 Å². The molecule has 0 radical (unpaired) electrons. The predicted octanol–water partition coefficient (Wildman–Crippen LogP) is 3.42. The lowest BCUT2D eigenvalue weighted by Gasteiger charge is -2.21. The van der Waals surface area contributed by atoms with Gasteiger partial charge in [0.2, 0.25) is 0 Å². The van der Waals surface area contributed by atoms with E-state index in [-0.39, 0.29) is 23.3 Å². The maximum Gasteiger partial charge on any atom is 0.324 e. The highest BCUT2D eigenvalue weighted by molar-refractivity contribution is 5.88. The Morgan fingerprint density at radius 3 is 2.86 bits per heavy atom. The first-order valence-corrected chi connectivity index (χ1v) is 12.0. The van der Waals surface area contributed by atoms with Gasteiger partial charge in [0, 0.05) is 60.5 Å². The lowest BCUT2D eigenvalue weighted by Crippen LogP contribution is -2.30. The van der Waals surface area contributed by atoms with Crippen molar-refractivity contribution in [2.45, 2.75) is 31.8 Å². The number of anilines is 2. The number of rotatable bonds is 4. The van der Waals surface area contributed by atoms with Crippen LogP contribution in [0.3, 0.4) is 0 Å². The van der Waals surface area contributed by atoms with Gasteiger partial charge < -0.3 is 26.0 Å². The Morgan fingerprint density at radius 2 is 2.09 bits per heavy atom. The molecule has 9 heteroatoms. The van der Waals surface area contributed by atoms with Crippen LogP contribution in [0.2, 0.25) is 0 Å². The van der Waals surface area contributed by atoms with Crippen LogP contribution in [0.5, 0.6) is 11.8 Å². The molecule has 3 aromatic rings. The van der Waals surface area contributed by atoms with Gasteiger partial charge in [0.05, 0.1) is 24.1 Å². The van der Waals surface area contributed by atoms with Crippen molar-refractivity contribution in [2.75, 3.05) is 30.4 Å². The van der Waals surface area contributed by atoms with E-state index in [0.29, 0.717) is 25.3 Å². The van der Waals surface area contributed by atoms with Crippen molar-refractivity contribution in [3.8, 4) is 22.9 Å². The molecule has 4 aliphatic rings. The summed E-state index contributed by atoms with van der Waals surface area (Å²) in [6.45, 7) is 6.24. The molecule has 2 aromatic heterocycles. The summed E-state index contributed by atoms with van der Waals surface area (Å²) < 4.78 is 20.7. The molecule has 1 aromatic carbocycles. The third kappa shape index (κ3) is 3.11. The second kappa shape index (κ2) is 7.14. The first-order valence-electron chi connectivity index (χ1n) is 12.0. The summed E-state index contributed by atoms with van der Waals surface area (Å²) in [6.07, 6.45) is 4.52. The fourth-order valence-corrected chi connectivity index (χ4v) is 5.76.